The van der Waals surface area contributed by atoms with Gasteiger partial charge in [-0.15, -0.1) is 0 Å². The molecule has 1 aromatic heterocycles. The van der Waals surface area contributed by atoms with E-state index < -0.39 is 0 Å². The maximum atomic E-state index is 6.14. The van der Waals surface area contributed by atoms with Gasteiger partial charge >= 0.3 is 0 Å². The van der Waals surface area contributed by atoms with Gasteiger partial charge in [-0.3, -0.25) is 0 Å². The number of nitrogen functional groups attached to an aromatic ring is 2. The summed E-state index contributed by atoms with van der Waals surface area (Å²) in [5, 5.41) is 0.861. The molecule has 23 heavy (non-hydrogen) atoms. The van der Waals surface area contributed by atoms with Gasteiger partial charge in [-0.25, -0.2) is 0 Å². The van der Waals surface area contributed by atoms with Crippen molar-refractivity contribution in [1.29, 1.82) is 0 Å². The van der Waals surface area contributed by atoms with Crippen LogP contribution in [0.25, 0.3) is 11.1 Å². The minimum absolute atomic E-state index is 0.0160. The van der Waals surface area contributed by atoms with Gasteiger partial charge in [0.2, 0.25) is 11.8 Å². The largest absolute Gasteiger partial charge is 0.437 e. The number of hydrogen-bond acceptors (Lipinski definition) is 5. The Hall–Kier alpha value is -2.50. The van der Waals surface area contributed by atoms with Crippen molar-refractivity contribution in [2.75, 3.05) is 11.5 Å². The molecule has 0 spiro atoms. The van der Waals surface area contributed by atoms with E-state index in [1.54, 1.807) is 18.2 Å². The summed E-state index contributed by atoms with van der Waals surface area (Å²) < 4.78 is 5.81. The molecule has 3 rings (SSSR count). The zero-order valence-electron chi connectivity index (χ0n) is 11.8. The van der Waals surface area contributed by atoms with E-state index >= 15 is 0 Å². The van der Waals surface area contributed by atoms with Crippen LogP contribution in [-0.2, 0) is 0 Å². The average Bonchev–Trinajstić information content (AvgIpc) is 2.50. The fraction of sp³-hybridized carbons (Fsp3) is 0. The highest BCUT2D eigenvalue weighted by Gasteiger charge is 2.16. The second kappa shape index (κ2) is 6.32. The predicted octanol–water partition coefficient (Wildman–Crippen LogP) is 4.41. The normalized spacial score (nSPS) is 10.5. The highest BCUT2D eigenvalue weighted by Crippen LogP contribution is 2.38. The Balaban J connectivity index is 2.11. The van der Waals surface area contributed by atoms with Crippen LogP contribution in [0.2, 0.25) is 10.0 Å². The van der Waals surface area contributed by atoms with Crippen molar-refractivity contribution < 1.29 is 4.74 Å². The van der Waals surface area contributed by atoms with Crippen molar-refractivity contribution in [3.8, 4) is 22.8 Å². The van der Waals surface area contributed by atoms with Gasteiger partial charge in [-0.2, -0.15) is 9.97 Å². The third-order valence-corrected chi connectivity index (χ3v) is 3.61. The maximum Gasteiger partial charge on any atom is 0.234 e. The van der Waals surface area contributed by atoms with E-state index in [0.29, 0.717) is 21.4 Å². The number of rotatable bonds is 3. The molecule has 1 heterocycles. The number of hydrogen-bond donors (Lipinski definition) is 2. The first kappa shape index (κ1) is 15.4. The molecule has 0 bridgehead atoms. The van der Waals surface area contributed by atoms with Gasteiger partial charge in [-0.1, -0.05) is 53.5 Å². The minimum atomic E-state index is 0.0160. The van der Waals surface area contributed by atoms with Gasteiger partial charge in [0, 0.05) is 5.02 Å². The second-order valence-corrected chi connectivity index (χ2v) is 5.53. The smallest absolute Gasteiger partial charge is 0.234 e. The van der Waals surface area contributed by atoms with Crippen molar-refractivity contribution in [1.82, 2.24) is 9.97 Å². The van der Waals surface area contributed by atoms with Crippen molar-refractivity contribution in [2.24, 2.45) is 0 Å². The SMILES string of the molecule is Nc1nc(N)c(-c2ccccc2)c(Oc2ccc(Cl)cc2Cl)n1. The van der Waals surface area contributed by atoms with E-state index in [2.05, 4.69) is 9.97 Å². The lowest BCUT2D eigenvalue weighted by molar-refractivity contribution is 0.465. The minimum Gasteiger partial charge on any atom is -0.437 e. The van der Waals surface area contributed by atoms with Crippen LogP contribution < -0.4 is 16.2 Å². The monoisotopic (exact) mass is 346 g/mol. The van der Waals surface area contributed by atoms with Crippen LogP contribution in [0.1, 0.15) is 0 Å². The number of benzene rings is 2. The molecule has 2 aromatic carbocycles. The molecule has 4 N–H and O–H groups in total. The highest BCUT2D eigenvalue weighted by molar-refractivity contribution is 6.35. The summed E-state index contributed by atoms with van der Waals surface area (Å²) in [5.74, 6) is 0.863. The topological polar surface area (TPSA) is 87.0 Å². The molecule has 0 saturated heterocycles. The number of anilines is 2. The molecule has 116 valence electrons. The average molecular weight is 347 g/mol. The van der Waals surface area contributed by atoms with Crippen molar-refractivity contribution in [3.63, 3.8) is 0 Å². The summed E-state index contributed by atoms with van der Waals surface area (Å²) in [6.45, 7) is 0. The maximum absolute atomic E-state index is 6.14. The Morgan fingerprint density at radius 2 is 1.65 bits per heavy atom. The van der Waals surface area contributed by atoms with Crippen molar-refractivity contribution in [2.45, 2.75) is 0 Å². The standard InChI is InChI=1S/C16H12Cl2N4O/c17-10-6-7-12(11(18)8-10)23-15-13(9-4-2-1-3-5-9)14(19)21-16(20)22-15/h1-8H,(H4,19,20,21,22). The first-order valence-electron chi connectivity index (χ1n) is 6.66. The number of ether oxygens (including phenoxy) is 1. The molecule has 0 fully saturated rings. The van der Waals surface area contributed by atoms with Crippen molar-refractivity contribution in [3.05, 3.63) is 58.6 Å². The van der Waals surface area contributed by atoms with E-state index in [1.807, 2.05) is 30.3 Å². The summed E-state index contributed by atoms with van der Waals surface area (Å²) in [7, 11) is 0. The quantitative estimate of drug-likeness (QED) is 0.733. The Morgan fingerprint density at radius 3 is 2.35 bits per heavy atom. The van der Waals surface area contributed by atoms with E-state index in [0.717, 1.165) is 5.56 Å². The van der Waals surface area contributed by atoms with Crippen LogP contribution in [0.4, 0.5) is 11.8 Å². The molecule has 0 saturated carbocycles. The number of aromatic nitrogens is 2. The van der Waals surface area contributed by atoms with Crippen LogP contribution >= 0.6 is 23.2 Å². The van der Waals surface area contributed by atoms with Gasteiger partial charge in [0.05, 0.1) is 10.6 Å². The van der Waals surface area contributed by atoms with Gasteiger partial charge in [0.15, 0.2) is 0 Å². The molecule has 0 radical (unpaired) electrons. The Bertz CT molecular complexity index is 856. The second-order valence-electron chi connectivity index (χ2n) is 4.69. The lowest BCUT2D eigenvalue weighted by Gasteiger charge is -2.13. The third-order valence-electron chi connectivity index (χ3n) is 3.08. The lowest BCUT2D eigenvalue weighted by atomic mass is 10.1. The molecule has 0 aliphatic carbocycles. The fourth-order valence-corrected chi connectivity index (χ4v) is 2.53. The number of halogens is 2. The summed E-state index contributed by atoms with van der Waals surface area (Å²) in [4.78, 5) is 8.14. The summed E-state index contributed by atoms with van der Waals surface area (Å²) in [6.07, 6.45) is 0. The predicted molar refractivity (Wildman–Crippen MR) is 92.8 cm³/mol. The van der Waals surface area contributed by atoms with Crippen molar-refractivity contribution >= 4 is 35.0 Å². The zero-order valence-corrected chi connectivity index (χ0v) is 13.3. The molecule has 0 aliphatic rings. The van der Waals surface area contributed by atoms with Crippen LogP contribution in [0.3, 0.4) is 0 Å². The van der Waals surface area contributed by atoms with Crippen LogP contribution in [0.5, 0.6) is 11.6 Å². The Morgan fingerprint density at radius 1 is 0.913 bits per heavy atom. The molecule has 7 heteroatoms. The van der Waals surface area contributed by atoms with Gasteiger partial charge in [-0.05, 0) is 23.8 Å². The molecule has 0 aliphatic heterocycles. The van der Waals surface area contributed by atoms with E-state index in [4.69, 9.17) is 39.4 Å². The molecule has 0 unspecified atom stereocenters. The summed E-state index contributed by atoms with van der Waals surface area (Å²) in [5.41, 5.74) is 13.0. The number of nitrogens with zero attached hydrogens (tertiary/aromatic N) is 2. The number of nitrogens with two attached hydrogens (primary N) is 2. The summed E-state index contributed by atoms with van der Waals surface area (Å²) in [6, 6.07) is 14.3. The fourth-order valence-electron chi connectivity index (χ4n) is 2.09. The van der Waals surface area contributed by atoms with E-state index in [1.165, 1.54) is 0 Å². The Labute approximate surface area is 142 Å². The van der Waals surface area contributed by atoms with Gasteiger partial charge in [0.1, 0.15) is 11.6 Å². The highest BCUT2D eigenvalue weighted by atomic mass is 35.5. The zero-order chi connectivity index (χ0) is 16.4. The molecule has 0 amide bonds. The lowest BCUT2D eigenvalue weighted by Crippen LogP contribution is -2.04. The first-order chi connectivity index (χ1) is 11.0. The van der Waals surface area contributed by atoms with Crippen LogP contribution in [-0.4, -0.2) is 9.97 Å². The Kier molecular flexibility index (Phi) is 4.23. The van der Waals surface area contributed by atoms with Gasteiger partial charge < -0.3 is 16.2 Å². The molecule has 5 nitrogen and oxygen atoms in total. The molecular formula is C16H12Cl2N4O. The first-order valence-corrected chi connectivity index (χ1v) is 7.41. The van der Waals surface area contributed by atoms with Crippen LogP contribution in [0.15, 0.2) is 48.5 Å². The molecule has 0 atom stereocenters. The van der Waals surface area contributed by atoms with Crippen LogP contribution in [0, 0.1) is 0 Å². The summed E-state index contributed by atoms with van der Waals surface area (Å²) >= 11 is 12.0. The molecular weight excluding hydrogens is 335 g/mol. The van der Waals surface area contributed by atoms with E-state index in [9.17, 15) is 0 Å². The third kappa shape index (κ3) is 3.31. The van der Waals surface area contributed by atoms with Gasteiger partial charge in [0.25, 0.3) is 0 Å². The van der Waals surface area contributed by atoms with E-state index in [-0.39, 0.29) is 17.6 Å². The molecule has 3 aromatic rings.